The van der Waals surface area contributed by atoms with E-state index in [9.17, 15) is 4.39 Å². The van der Waals surface area contributed by atoms with E-state index >= 15 is 0 Å². The highest BCUT2D eigenvalue weighted by atomic mass is 19.1. The molecule has 0 fully saturated rings. The first-order valence-electron chi connectivity index (χ1n) is 5.42. The van der Waals surface area contributed by atoms with Gasteiger partial charge in [-0.25, -0.2) is 9.37 Å². The lowest BCUT2D eigenvalue weighted by atomic mass is 10.2. The Labute approximate surface area is 99.3 Å². The van der Waals surface area contributed by atoms with E-state index in [1.165, 1.54) is 6.07 Å². The minimum absolute atomic E-state index is 0.0994. The van der Waals surface area contributed by atoms with Gasteiger partial charge in [0, 0.05) is 30.7 Å². The average molecular weight is 234 g/mol. The molecule has 1 atom stereocenters. The Balaban J connectivity index is 2.00. The number of anilines is 2. The van der Waals surface area contributed by atoms with Gasteiger partial charge in [-0.2, -0.15) is 0 Å². The summed E-state index contributed by atoms with van der Waals surface area (Å²) in [6.07, 6.45) is 5.32. The molecule has 1 unspecified atom stereocenters. The molecule has 0 aliphatic heterocycles. The molecular weight excluding hydrogens is 219 g/mol. The van der Waals surface area contributed by atoms with Crippen LogP contribution in [-0.4, -0.2) is 15.6 Å². The van der Waals surface area contributed by atoms with Gasteiger partial charge in [0.15, 0.2) is 0 Å². The number of nitrogen functional groups attached to an aromatic ring is 1. The number of benzene rings is 1. The fraction of sp³-hybridized carbons (Fsp3) is 0.250. The Morgan fingerprint density at radius 3 is 3.00 bits per heavy atom. The third kappa shape index (κ3) is 2.96. The molecule has 0 radical (unpaired) electrons. The lowest BCUT2D eigenvalue weighted by Crippen LogP contribution is -2.21. The summed E-state index contributed by atoms with van der Waals surface area (Å²) >= 11 is 0. The molecule has 1 aromatic heterocycles. The SMILES string of the molecule is CC(Cn1ccnc1)Nc1ccc(N)cc1F. The van der Waals surface area contributed by atoms with Crippen LogP contribution >= 0.6 is 0 Å². The molecule has 0 amide bonds. The van der Waals surface area contributed by atoms with Crippen molar-refractivity contribution in [3.8, 4) is 0 Å². The smallest absolute Gasteiger partial charge is 0.148 e. The monoisotopic (exact) mass is 234 g/mol. The zero-order valence-corrected chi connectivity index (χ0v) is 9.60. The van der Waals surface area contributed by atoms with Gasteiger partial charge >= 0.3 is 0 Å². The standard InChI is InChI=1S/C12H15FN4/c1-9(7-17-5-4-15-8-17)16-12-3-2-10(14)6-11(12)13/h2-6,8-9,16H,7,14H2,1H3. The summed E-state index contributed by atoms with van der Waals surface area (Å²) in [5.74, 6) is -0.331. The summed E-state index contributed by atoms with van der Waals surface area (Å²) in [4.78, 5) is 3.96. The molecule has 3 N–H and O–H groups in total. The normalized spacial score (nSPS) is 12.4. The zero-order valence-electron chi connectivity index (χ0n) is 9.60. The van der Waals surface area contributed by atoms with E-state index in [4.69, 9.17) is 5.73 Å². The number of nitrogens with one attached hydrogen (secondary N) is 1. The number of nitrogens with two attached hydrogens (primary N) is 1. The van der Waals surface area contributed by atoms with Gasteiger partial charge in [-0.05, 0) is 25.1 Å². The molecular formula is C12H15FN4. The second-order valence-electron chi connectivity index (χ2n) is 4.04. The van der Waals surface area contributed by atoms with Gasteiger partial charge in [-0.3, -0.25) is 0 Å². The van der Waals surface area contributed by atoms with Crippen LogP contribution in [0, 0.1) is 5.82 Å². The van der Waals surface area contributed by atoms with Crippen molar-refractivity contribution in [2.24, 2.45) is 0 Å². The van der Waals surface area contributed by atoms with Crippen LogP contribution in [0.3, 0.4) is 0 Å². The van der Waals surface area contributed by atoms with E-state index in [2.05, 4.69) is 10.3 Å². The summed E-state index contributed by atoms with van der Waals surface area (Å²) in [5.41, 5.74) is 6.38. The molecule has 0 aliphatic carbocycles. The average Bonchev–Trinajstić information content (AvgIpc) is 2.75. The highest BCUT2D eigenvalue weighted by Crippen LogP contribution is 2.17. The van der Waals surface area contributed by atoms with E-state index in [1.807, 2.05) is 17.7 Å². The van der Waals surface area contributed by atoms with Crippen molar-refractivity contribution >= 4 is 11.4 Å². The first-order chi connectivity index (χ1) is 8.15. The van der Waals surface area contributed by atoms with Gasteiger partial charge in [0.25, 0.3) is 0 Å². The highest BCUT2D eigenvalue weighted by Gasteiger charge is 2.07. The van der Waals surface area contributed by atoms with Gasteiger partial charge in [-0.1, -0.05) is 0 Å². The van der Waals surface area contributed by atoms with Crippen molar-refractivity contribution in [1.29, 1.82) is 0 Å². The summed E-state index contributed by atoms with van der Waals surface area (Å²) in [6, 6.07) is 4.73. The zero-order chi connectivity index (χ0) is 12.3. The van der Waals surface area contributed by atoms with Crippen LogP contribution in [0.1, 0.15) is 6.92 Å². The highest BCUT2D eigenvalue weighted by molar-refractivity contribution is 5.52. The molecule has 17 heavy (non-hydrogen) atoms. The van der Waals surface area contributed by atoms with Gasteiger partial charge in [0.2, 0.25) is 0 Å². The summed E-state index contributed by atoms with van der Waals surface area (Å²) in [5, 5.41) is 3.10. The molecule has 0 bridgehead atoms. The van der Waals surface area contributed by atoms with E-state index in [0.717, 1.165) is 6.54 Å². The van der Waals surface area contributed by atoms with Crippen LogP contribution in [0.2, 0.25) is 0 Å². The van der Waals surface area contributed by atoms with Crippen LogP contribution in [0.4, 0.5) is 15.8 Å². The number of hydrogen-bond acceptors (Lipinski definition) is 3. The van der Waals surface area contributed by atoms with Crippen molar-refractivity contribution in [1.82, 2.24) is 9.55 Å². The van der Waals surface area contributed by atoms with Crippen LogP contribution in [0.15, 0.2) is 36.9 Å². The Hall–Kier alpha value is -2.04. The summed E-state index contributed by atoms with van der Waals surface area (Å²) in [6.45, 7) is 2.71. The maximum Gasteiger partial charge on any atom is 0.148 e. The topological polar surface area (TPSA) is 55.9 Å². The predicted molar refractivity (Wildman–Crippen MR) is 66.1 cm³/mol. The van der Waals surface area contributed by atoms with E-state index in [1.54, 1.807) is 24.7 Å². The number of hydrogen-bond donors (Lipinski definition) is 2. The molecule has 1 aromatic carbocycles. The molecule has 0 saturated heterocycles. The van der Waals surface area contributed by atoms with Gasteiger partial charge < -0.3 is 15.6 Å². The first-order valence-corrected chi connectivity index (χ1v) is 5.42. The van der Waals surface area contributed by atoms with Crippen molar-refractivity contribution in [2.45, 2.75) is 19.5 Å². The molecule has 0 saturated carbocycles. The molecule has 4 nitrogen and oxygen atoms in total. The number of rotatable bonds is 4. The fourth-order valence-electron chi connectivity index (χ4n) is 1.67. The van der Waals surface area contributed by atoms with Crippen molar-refractivity contribution in [3.05, 3.63) is 42.7 Å². The molecule has 2 rings (SSSR count). The molecule has 1 heterocycles. The minimum atomic E-state index is -0.331. The van der Waals surface area contributed by atoms with Crippen molar-refractivity contribution in [2.75, 3.05) is 11.1 Å². The maximum atomic E-state index is 13.5. The lowest BCUT2D eigenvalue weighted by molar-refractivity contribution is 0.599. The van der Waals surface area contributed by atoms with E-state index in [0.29, 0.717) is 11.4 Å². The molecule has 0 aliphatic rings. The molecule has 90 valence electrons. The lowest BCUT2D eigenvalue weighted by Gasteiger charge is -2.16. The number of imidazole rings is 1. The number of nitrogens with zero attached hydrogens (tertiary/aromatic N) is 2. The van der Waals surface area contributed by atoms with Gasteiger partial charge in [0.05, 0.1) is 12.0 Å². The molecule has 2 aromatic rings. The predicted octanol–water partition coefficient (Wildman–Crippen LogP) is 2.10. The van der Waals surface area contributed by atoms with Crippen LogP contribution in [-0.2, 0) is 6.54 Å². The number of halogens is 1. The van der Waals surface area contributed by atoms with Gasteiger partial charge in [-0.15, -0.1) is 0 Å². The maximum absolute atomic E-state index is 13.5. The molecule has 5 heteroatoms. The van der Waals surface area contributed by atoms with Crippen molar-refractivity contribution in [3.63, 3.8) is 0 Å². The summed E-state index contributed by atoms with van der Waals surface area (Å²) < 4.78 is 15.5. The van der Waals surface area contributed by atoms with Crippen LogP contribution < -0.4 is 11.1 Å². The Kier molecular flexibility index (Phi) is 3.27. The van der Waals surface area contributed by atoms with E-state index < -0.39 is 0 Å². The third-order valence-electron chi connectivity index (χ3n) is 2.44. The fourth-order valence-corrected chi connectivity index (χ4v) is 1.67. The second kappa shape index (κ2) is 4.86. The third-order valence-corrected chi connectivity index (χ3v) is 2.44. The largest absolute Gasteiger partial charge is 0.399 e. The van der Waals surface area contributed by atoms with E-state index in [-0.39, 0.29) is 11.9 Å². The number of aromatic nitrogens is 2. The Morgan fingerprint density at radius 1 is 1.53 bits per heavy atom. The van der Waals surface area contributed by atoms with Crippen molar-refractivity contribution < 1.29 is 4.39 Å². The first kappa shape index (κ1) is 11.4. The Bertz CT molecular complexity index is 481. The molecule has 0 spiro atoms. The quantitative estimate of drug-likeness (QED) is 0.796. The Morgan fingerprint density at radius 2 is 2.35 bits per heavy atom. The van der Waals surface area contributed by atoms with Crippen LogP contribution in [0.25, 0.3) is 0 Å². The van der Waals surface area contributed by atoms with Gasteiger partial charge in [0.1, 0.15) is 5.82 Å². The summed E-state index contributed by atoms with van der Waals surface area (Å²) in [7, 11) is 0. The van der Waals surface area contributed by atoms with Crippen LogP contribution in [0.5, 0.6) is 0 Å². The second-order valence-corrected chi connectivity index (χ2v) is 4.04. The minimum Gasteiger partial charge on any atom is -0.399 e.